The standard InChI is InChI=1S/C17H8F4N4O2/c18-13-12(5-22)14(19)16(21)17(15(13)20)25-6-10(23-24-25)8-27-11-3-1-9(7-26)2-4-11/h1-4,6-7H,8H2. The van der Waals surface area contributed by atoms with Crippen molar-refractivity contribution in [3.63, 3.8) is 0 Å². The van der Waals surface area contributed by atoms with Gasteiger partial charge >= 0.3 is 0 Å². The largest absolute Gasteiger partial charge is 0.487 e. The molecule has 0 aliphatic rings. The summed E-state index contributed by atoms with van der Waals surface area (Å²) in [5.41, 5.74) is -1.95. The fraction of sp³-hybridized carbons (Fsp3) is 0.0588. The van der Waals surface area contributed by atoms with E-state index in [0.717, 1.165) is 12.3 Å². The van der Waals surface area contributed by atoms with E-state index in [0.29, 0.717) is 22.3 Å². The van der Waals surface area contributed by atoms with E-state index in [2.05, 4.69) is 10.3 Å². The smallest absolute Gasteiger partial charge is 0.189 e. The zero-order valence-corrected chi connectivity index (χ0v) is 13.3. The summed E-state index contributed by atoms with van der Waals surface area (Å²) < 4.78 is 61.4. The van der Waals surface area contributed by atoms with E-state index in [1.54, 1.807) is 0 Å². The number of carbonyl (C=O) groups excluding carboxylic acids is 1. The van der Waals surface area contributed by atoms with E-state index in [1.165, 1.54) is 24.3 Å². The lowest BCUT2D eigenvalue weighted by atomic mass is 10.1. The number of nitrogens with zero attached hydrogens (tertiary/aromatic N) is 4. The minimum atomic E-state index is -1.82. The van der Waals surface area contributed by atoms with E-state index in [-0.39, 0.29) is 12.3 Å². The maximum absolute atomic E-state index is 14.0. The van der Waals surface area contributed by atoms with Crippen LogP contribution in [0.4, 0.5) is 17.6 Å². The number of aromatic nitrogens is 3. The summed E-state index contributed by atoms with van der Waals surface area (Å²) >= 11 is 0. The Morgan fingerprint density at radius 1 is 1.07 bits per heavy atom. The Hall–Kier alpha value is -3.74. The summed E-state index contributed by atoms with van der Waals surface area (Å²) in [7, 11) is 0. The molecule has 6 nitrogen and oxygen atoms in total. The number of hydrogen-bond acceptors (Lipinski definition) is 5. The van der Waals surface area contributed by atoms with Gasteiger partial charge in [0, 0.05) is 5.56 Å². The summed E-state index contributed by atoms with van der Waals surface area (Å²) in [6.07, 6.45) is 1.68. The van der Waals surface area contributed by atoms with E-state index < -0.39 is 34.5 Å². The molecule has 136 valence electrons. The van der Waals surface area contributed by atoms with Crippen molar-refractivity contribution < 1.29 is 27.1 Å². The number of halogens is 4. The predicted octanol–water partition coefficient (Wildman–Crippen LogP) is 3.09. The molecule has 0 spiro atoms. The summed E-state index contributed by atoms with van der Waals surface area (Å²) in [6.45, 7) is -0.162. The Labute approximate surface area is 149 Å². The Kier molecular flexibility index (Phi) is 4.85. The number of nitriles is 1. The summed E-state index contributed by atoms with van der Waals surface area (Å²) in [6, 6.07) is 7.15. The molecule has 3 aromatic rings. The third-order valence-corrected chi connectivity index (χ3v) is 3.52. The van der Waals surface area contributed by atoms with Gasteiger partial charge in [-0.3, -0.25) is 4.79 Å². The number of ether oxygens (including phenoxy) is 1. The van der Waals surface area contributed by atoms with Crippen LogP contribution in [0.2, 0.25) is 0 Å². The molecule has 0 radical (unpaired) electrons. The zero-order valence-electron chi connectivity index (χ0n) is 13.3. The summed E-state index contributed by atoms with van der Waals surface area (Å²) in [5.74, 6) is -6.80. The van der Waals surface area contributed by atoms with Crippen molar-refractivity contribution in [1.82, 2.24) is 15.0 Å². The number of carbonyl (C=O) groups is 1. The molecule has 0 N–H and O–H groups in total. The van der Waals surface area contributed by atoms with Gasteiger partial charge in [0.1, 0.15) is 41.7 Å². The highest BCUT2D eigenvalue weighted by molar-refractivity contribution is 5.74. The first-order chi connectivity index (χ1) is 13.0. The minimum absolute atomic E-state index is 0.110. The molecule has 0 aliphatic carbocycles. The van der Waals surface area contributed by atoms with Crippen LogP contribution in [0.3, 0.4) is 0 Å². The molecule has 2 aromatic carbocycles. The normalized spacial score (nSPS) is 10.5. The van der Waals surface area contributed by atoms with Crippen molar-refractivity contribution >= 4 is 6.29 Å². The maximum atomic E-state index is 14.0. The molecule has 0 amide bonds. The lowest BCUT2D eigenvalue weighted by Crippen LogP contribution is -2.10. The summed E-state index contributed by atoms with van der Waals surface area (Å²) in [5, 5.41) is 15.6. The highest BCUT2D eigenvalue weighted by Crippen LogP contribution is 2.26. The molecule has 1 aromatic heterocycles. The van der Waals surface area contributed by atoms with E-state index in [1.807, 2.05) is 0 Å². The lowest BCUT2D eigenvalue weighted by molar-refractivity contribution is 0.112. The quantitative estimate of drug-likeness (QED) is 0.388. The average Bonchev–Trinajstić information content (AvgIpc) is 3.14. The van der Waals surface area contributed by atoms with Crippen molar-refractivity contribution in [2.24, 2.45) is 0 Å². The average molecular weight is 376 g/mol. The van der Waals surface area contributed by atoms with Crippen molar-refractivity contribution in [2.75, 3.05) is 0 Å². The van der Waals surface area contributed by atoms with E-state index >= 15 is 0 Å². The van der Waals surface area contributed by atoms with Gasteiger partial charge in [-0.2, -0.15) is 5.26 Å². The van der Waals surface area contributed by atoms with Crippen LogP contribution in [-0.2, 0) is 6.61 Å². The second-order valence-corrected chi connectivity index (χ2v) is 5.22. The molecule has 1 heterocycles. The maximum Gasteiger partial charge on any atom is 0.189 e. The molecule has 0 bridgehead atoms. The third-order valence-electron chi connectivity index (χ3n) is 3.52. The Balaban J connectivity index is 1.86. The van der Waals surface area contributed by atoms with Gasteiger partial charge < -0.3 is 4.74 Å². The molecule has 27 heavy (non-hydrogen) atoms. The molecule has 0 saturated carbocycles. The first-order valence-electron chi connectivity index (χ1n) is 7.32. The predicted molar refractivity (Wildman–Crippen MR) is 82.1 cm³/mol. The monoisotopic (exact) mass is 376 g/mol. The van der Waals surface area contributed by atoms with Crippen LogP contribution in [0.15, 0.2) is 30.5 Å². The van der Waals surface area contributed by atoms with Gasteiger partial charge in [0.15, 0.2) is 23.3 Å². The lowest BCUT2D eigenvalue weighted by Gasteiger charge is -2.07. The topological polar surface area (TPSA) is 80.8 Å². The van der Waals surface area contributed by atoms with Crippen LogP contribution in [0.25, 0.3) is 5.69 Å². The Morgan fingerprint density at radius 3 is 2.26 bits per heavy atom. The first kappa shape index (κ1) is 18.1. The van der Waals surface area contributed by atoms with Gasteiger partial charge in [-0.15, -0.1) is 5.10 Å². The van der Waals surface area contributed by atoms with Crippen LogP contribution < -0.4 is 4.74 Å². The van der Waals surface area contributed by atoms with Gasteiger partial charge in [-0.1, -0.05) is 5.21 Å². The van der Waals surface area contributed by atoms with Crippen molar-refractivity contribution in [2.45, 2.75) is 6.61 Å². The summed E-state index contributed by atoms with van der Waals surface area (Å²) in [4.78, 5) is 10.6. The fourth-order valence-electron chi connectivity index (χ4n) is 2.19. The fourth-order valence-corrected chi connectivity index (χ4v) is 2.19. The van der Waals surface area contributed by atoms with Gasteiger partial charge in [0.2, 0.25) is 0 Å². The Morgan fingerprint density at radius 2 is 1.70 bits per heavy atom. The minimum Gasteiger partial charge on any atom is -0.487 e. The number of hydrogen-bond donors (Lipinski definition) is 0. The van der Waals surface area contributed by atoms with Crippen molar-refractivity contribution in [3.05, 3.63) is 70.6 Å². The van der Waals surface area contributed by atoms with Crippen LogP contribution in [-0.4, -0.2) is 21.3 Å². The molecule has 0 unspecified atom stereocenters. The van der Waals surface area contributed by atoms with Crippen molar-refractivity contribution in [3.8, 4) is 17.5 Å². The highest BCUT2D eigenvalue weighted by atomic mass is 19.2. The van der Waals surface area contributed by atoms with Gasteiger partial charge in [0.25, 0.3) is 0 Å². The van der Waals surface area contributed by atoms with Gasteiger partial charge in [0.05, 0.1) is 6.20 Å². The van der Waals surface area contributed by atoms with Gasteiger partial charge in [-0.05, 0) is 24.3 Å². The Bertz CT molecular complexity index is 1030. The van der Waals surface area contributed by atoms with Crippen molar-refractivity contribution in [1.29, 1.82) is 5.26 Å². The van der Waals surface area contributed by atoms with Crippen LogP contribution in [0.1, 0.15) is 21.6 Å². The molecule has 0 saturated heterocycles. The molecule has 0 fully saturated rings. The molecular weight excluding hydrogens is 368 g/mol. The molecule has 3 rings (SSSR count). The molecule has 0 atom stereocenters. The second-order valence-electron chi connectivity index (χ2n) is 5.22. The molecular formula is C17H8F4N4O2. The third kappa shape index (κ3) is 3.35. The second kappa shape index (κ2) is 7.25. The molecule has 0 aliphatic heterocycles. The SMILES string of the molecule is N#Cc1c(F)c(F)c(-n2cc(COc3ccc(C=O)cc3)nn2)c(F)c1F. The molecule has 10 heteroatoms. The van der Waals surface area contributed by atoms with E-state index in [9.17, 15) is 22.4 Å². The van der Waals surface area contributed by atoms with Crippen LogP contribution in [0, 0.1) is 34.6 Å². The first-order valence-corrected chi connectivity index (χ1v) is 7.32. The number of rotatable bonds is 5. The van der Waals surface area contributed by atoms with Crippen LogP contribution >= 0.6 is 0 Å². The highest BCUT2D eigenvalue weighted by Gasteiger charge is 2.27. The van der Waals surface area contributed by atoms with E-state index in [4.69, 9.17) is 10.00 Å². The zero-order chi connectivity index (χ0) is 19.6. The number of benzene rings is 2. The number of aldehydes is 1. The van der Waals surface area contributed by atoms with Crippen LogP contribution in [0.5, 0.6) is 5.75 Å². The van der Waals surface area contributed by atoms with Gasteiger partial charge in [-0.25, -0.2) is 22.2 Å².